The third-order valence-electron chi connectivity index (χ3n) is 5.11. The Morgan fingerprint density at radius 3 is 2.45 bits per heavy atom. The van der Waals surface area contributed by atoms with Gasteiger partial charge in [-0.05, 0) is 42.5 Å². The summed E-state index contributed by atoms with van der Waals surface area (Å²) >= 11 is 0. The van der Waals surface area contributed by atoms with Gasteiger partial charge in [0.2, 0.25) is 15.8 Å². The van der Waals surface area contributed by atoms with Crippen molar-refractivity contribution in [3.63, 3.8) is 0 Å². The summed E-state index contributed by atoms with van der Waals surface area (Å²) in [5.74, 6) is -1.25. The Balaban J connectivity index is 1.26. The van der Waals surface area contributed by atoms with Gasteiger partial charge in [0.1, 0.15) is 11.6 Å². The quantitative estimate of drug-likeness (QED) is 0.473. The molecular formula is C21H21FN4O6S. The molecule has 1 saturated heterocycles. The first kappa shape index (κ1) is 22.7. The smallest absolute Gasteiger partial charge is 0.374 e. The van der Waals surface area contributed by atoms with Crippen LogP contribution in [0.2, 0.25) is 0 Å². The highest BCUT2D eigenvalue weighted by atomic mass is 32.2. The van der Waals surface area contributed by atoms with Crippen molar-refractivity contribution in [1.82, 2.24) is 19.0 Å². The highest BCUT2D eigenvalue weighted by molar-refractivity contribution is 7.89. The van der Waals surface area contributed by atoms with E-state index < -0.39 is 34.3 Å². The number of ether oxygens (including phenoxy) is 1. The largest absolute Gasteiger partial charge is 0.452 e. The van der Waals surface area contributed by atoms with E-state index in [0.29, 0.717) is 12.3 Å². The minimum Gasteiger partial charge on any atom is -0.452 e. The lowest BCUT2D eigenvalue weighted by Crippen LogP contribution is -2.51. The number of hydrogen-bond acceptors (Lipinski definition) is 7. The Morgan fingerprint density at radius 1 is 1.06 bits per heavy atom. The second kappa shape index (κ2) is 9.55. The van der Waals surface area contributed by atoms with Crippen molar-refractivity contribution in [1.29, 1.82) is 0 Å². The molecule has 4 rings (SSSR count). The molecule has 33 heavy (non-hydrogen) atoms. The Hall–Kier alpha value is -3.51. The van der Waals surface area contributed by atoms with Crippen LogP contribution in [0.5, 0.6) is 0 Å². The molecule has 0 saturated carbocycles. The minimum atomic E-state index is -3.78. The van der Waals surface area contributed by atoms with Crippen LogP contribution < -0.4 is 0 Å². The Morgan fingerprint density at radius 2 is 1.79 bits per heavy atom. The highest BCUT2D eigenvalue weighted by Gasteiger charge is 2.30. The van der Waals surface area contributed by atoms with Crippen molar-refractivity contribution in [2.45, 2.75) is 11.4 Å². The summed E-state index contributed by atoms with van der Waals surface area (Å²) in [6, 6.07) is 9.43. The number of halogens is 1. The number of esters is 1. The first-order chi connectivity index (χ1) is 15.8. The summed E-state index contributed by atoms with van der Waals surface area (Å²) in [5.41, 5.74) is 0. The molecule has 0 bridgehead atoms. The van der Waals surface area contributed by atoms with Crippen molar-refractivity contribution in [2.24, 2.45) is 0 Å². The zero-order valence-electron chi connectivity index (χ0n) is 17.5. The third-order valence-corrected chi connectivity index (χ3v) is 7.02. The number of carbonyl (C=O) groups is 2. The first-order valence-electron chi connectivity index (χ1n) is 10.1. The van der Waals surface area contributed by atoms with Crippen molar-refractivity contribution in [3.8, 4) is 0 Å². The number of benzene rings is 1. The minimum absolute atomic E-state index is 0.0111. The van der Waals surface area contributed by atoms with E-state index in [1.165, 1.54) is 27.4 Å². The summed E-state index contributed by atoms with van der Waals surface area (Å²) in [7, 11) is -3.78. The molecule has 0 atom stereocenters. The van der Waals surface area contributed by atoms with E-state index in [2.05, 4.69) is 5.10 Å². The Kier molecular flexibility index (Phi) is 6.56. The van der Waals surface area contributed by atoms with E-state index in [0.717, 1.165) is 12.1 Å². The molecule has 1 aliphatic rings. The van der Waals surface area contributed by atoms with E-state index >= 15 is 0 Å². The molecule has 3 aromatic rings. The highest BCUT2D eigenvalue weighted by Crippen LogP contribution is 2.18. The van der Waals surface area contributed by atoms with Gasteiger partial charge in [0.15, 0.2) is 6.61 Å². The lowest BCUT2D eigenvalue weighted by Gasteiger charge is -2.33. The van der Waals surface area contributed by atoms with E-state index in [-0.39, 0.29) is 36.8 Å². The van der Waals surface area contributed by atoms with Gasteiger partial charge >= 0.3 is 5.97 Å². The normalized spacial score (nSPS) is 14.9. The van der Waals surface area contributed by atoms with Crippen LogP contribution in [0, 0.1) is 5.82 Å². The summed E-state index contributed by atoms with van der Waals surface area (Å²) in [6.45, 7) is 0.308. The van der Waals surface area contributed by atoms with Gasteiger partial charge in [-0.2, -0.15) is 9.40 Å². The molecule has 0 N–H and O–H groups in total. The first-order valence-corrected chi connectivity index (χ1v) is 11.5. The third kappa shape index (κ3) is 5.29. The van der Waals surface area contributed by atoms with Gasteiger partial charge in [0, 0.05) is 38.6 Å². The number of rotatable bonds is 7. The molecule has 0 radical (unpaired) electrons. The zero-order valence-corrected chi connectivity index (χ0v) is 18.3. The van der Waals surface area contributed by atoms with E-state index in [4.69, 9.17) is 9.15 Å². The molecule has 10 nitrogen and oxygen atoms in total. The van der Waals surface area contributed by atoms with Gasteiger partial charge in [-0.15, -0.1) is 0 Å². The topological polar surface area (TPSA) is 115 Å². The standard InChI is InChI=1S/C21H21FN4O6S/c22-16-2-5-18(6-3-16)33(29,30)26-12-10-24(11-13-26)20(27)15-31-21(28)19-7-4-17(32-19)14-25-9-1-8-23-25/h1-9H,10-15H2. The summed E-state index contributed by atoms with van der Waals surface area (Å²) in [4.78, 5) is 26.0. The maximum absolute atomic E-state index is 13.1. The van der Waals surface area contributed by atoms with Crippen LogP contribution in [0.25, 0.3) is 0 Å². The molecule has 0 aliphatic carbocycles. The molecule has 1 fully saturated rings. The van der Waals surface area contributed by atoms with Gasteiger partial charge in [-0.25, -0.2) is 17.6 Å². The van der Waals surface area contributed by atoms with Crippen molar-refractivity contribution in [3.05, 3.63) is 72.2 Å². The van der Waals surface area contributed by atoms with Gasteiger partial charge < -0.3 is 14.1 Å². The average molecular weight is 476 g/mol. The molecule has 0 unspecified atom stereocenters. The van der Waals surface area contributed by atoms with Gasteiger partial charge in [0.25, 0.3) is 5.91 Å². The predicted octanol–water partition coefficient (Wildman–Crippen LogP) is 1.35. The molecular weight excluding hydrogens is 455 g/mol. The maximum atomic E-state index is 13.1. The van der Waals surface area contributed by atoms with Gasteiger partial charge in [-0.3, -0.25) is 9.48 Å². The van der Waals surface area contributed by atoms with Crippen molar-refractivity contribution in [2.75, 3.05) is 32.8 Å². The molecule has 3 heterocycles. The van der Waals surface area contributed by atoms with Gasteiger partial charge in [0.05, 0.1) is 11.4 Å². The predicted molar refractivity (Wildman–Crippen MR) is 112 cm³/mol. The molecule has 174 valence electrons. The second-order valence-electron chi connectivity index (χ2n) is 7.28. The number of amides is 1. The fourth-order valence-electron chi connectivity index (χ4n) is 3.35. The van der Waals surface area contributed by atoms with E-state index in [9.17, 15) is 22.4 Å². The number of carbonyl (C=O) groups excluding carboxylic acids is 2. The van der Waals surface area contributed by atoms with Crippen LogP contribution in [-0.4, -0.2) is 72.1 Å². The van der Waals surface area contributed by atoms with Crippen molar-refractivity contribution < 1.29 is 31.6 Å². The lowest BCUT2D eigenvalue weighted by molar-refractivity contribution is -0.135. The van der Waals surface area contributed by atoms with Gasteiger partial charge in [-0.1, -0.05) is 0 Å². The van der Waals surface area contributed by atoms with Crippen LogP contribution in [0.3, 0.4) is 0 Å². The van der Waals surface area contributed by atoms with E-state index in [1.807, 2.05) is 0 Å². The number of aromatic nitrogens is 2. The fourth-order valence-corrected chi connectivity index (χ4v) is 4.77. The molecule has 12 heteroatoms. The second-order valence-corrected chi connectivity index (χ2v) is 9.22. The number of piperazine rings is 1. The fraction of sp³-hybridized carbons (Fsp3) is 0.286. The molecule has 1 amide bonds. The molecule has 1 aromatic carbocycles. The number of nitrogens with zero attached hydrogens (tertiary/aromatic N) is 4. The van der Waals surface area contributed by atoms with Crippen LogP contribution in [0.15, 0.2) is 64.2 Å². The SMILES string of the molecule is O=C(OCC(=O)N1CCN(S(=O)(=O)c2ccc(F)cc2)CC1)c1ccc(Cn2cccn2)o1. The molecule has 0 spiro atoms. The van der Waals surface area contributed by atoms with Crippen LogP contribution in [-0.2, 0) is 26.1 Å². The summed E-state index contributed by atoms with van der Waals surface area (Å²) in [6.07, 6.45) is 3.38. The van der Waals surface area contributed by atoms with Crippen molar-refractivity contribution >= 4 is 21.9 Å². The number of furan rings is 1. The average Bonchev–Trinajstić information content (AvgIpc) is 3.50. The Bertz CT molecular complexity index is 1220. The summed E-state index contributed by atoms with van der Waals surface area (Å²) in [5, 5.41) is 4.05. The van der Waals surface area contributed by atoms with Crippen LogP contribution in [0.1, 0.15) is 16.3 Å². The Labute approximate surface area is 189 Å². The van der Waals surface area contributed by atoms with E-state index in [1.54, 1.807) is 29.2 Å². The van der Waals surface area contributed by atoms with Crippen LogP contribution >= 0.6 is 0 Å². The monoisotopic (exact) mass is 476 g/mol. The van der Waals surface area contributed by atoms with Crippen LogP contribution in [0.4, 0.5) is 4.39 Å². The zero-order chi connectivity index (χ0) is 23.4. The number of sulfonamides is 1. The maximum Gasteiger partial charge on any atom is 0.374 e. The number of hydrogen-bond donors (Lipinski definition) is 0. The lowest BCUT2D eigenvalue weighted by atomic mass is 10.3. The molecule has 1 aliphatic heterocycles. The summed E-state index contributed by atoms with van der Waals surface area (Å²) < 4.78 is 51.8. The molecule has 2 aromatic heterocycles.